The standard InChI is InChI=1S/C14H21NO2/c1-4-6-15(7-5-2)13-9-11(3)8-12(10-13)14(16)17/h8-10H,4-7H2,1-3H3,(H,16,17). The number of hydrogen-bond donors (Lipinski definition) is 1. The molecule has 17 heavy (non-hydrogen) atoms. The molecule has 0 atom stereocenters. The van der Waals surface area contributed by atoms with E-state index in [0.29, 0.717) is 5.56 Å². The third-order valence-corrected chi connectivity index (χ3v) is 2.66. The molecule has 0 saturated carbocycles. The van der Waals surface area contributed by atoms with E-state index in [1.165, 1.54) is 0 Å². The van der Waals surface area contributed by atoms with Crippen LogP contribution in [0.5, 0.6) is 0 Å². The first-order valence-electron chi connectivity index (χ1n) is 6.18. The molecule has 0 unspecified atom stereocenters. The molecular formula is C14H21NO2. The lowest BCUT2D eigenvalue weighted by Gasteiger charge is -2.24. The molecule has 0 radical (unpaired) electrons. The Morgan fingerprint density at radius 3 is 2.24 bits per heavy atom. The van der Waals surface area contributed by atoms with Gasteiger partial charge in [-0.1, -0.05) is 13.8 Å². The van der Waals surface area contributed by atoms with E-state index in [-0.39, 0.29) is 0 Å². The van der Waals surface area contributed by atoms with Gasteiger partial charge in [0, 0.05) is 18.8 Å². The van der Waals surface area contributed by atoms with E-state index in [1.807, 2.05) is 6.92 Å². The van der Waals surface area contributed by atoms with Crippen LogP contribution in [0.25, 0.3) is 0 Å². The average molecular weight is 235 g/mol. The monoisotopic (exact) mass is 235 g/mol. The van der Waals surface area contributed by atoms with Crippen molar-refractivity contribution in [2.24, 2.45) is 0 Å². The smallest absolute Gasteiger partial charge is 0.335 e. The van der Waals surface area contributed by atoms with Gasteiger partial charge in [0.15, 0.2) is 0 Å². The summed E-state index contributed by atoms with van der Waals surface area (Å²) in [5.74, 6) is -0.858. The second-order valence-electron chi connectivity index (χ2n) is 4.35. The minimum Gasteiger partial charge on any atom is -0.478 e. The van der Waals surface area contributed by atoms with Crippen LogP contribution in [0.2, 0.25) is 0 Å². The maximum atomic E-state index is 11.0. The van der Waals surface area contributed by atoms with Crippen LogP contribution in [0.4, 0.5) is 5.69 Å². The fourth-order valence-corrected chi connectivity index (χ4v) is 1.98. The Labute approximate surface area is 103 Å². The third-order valence-electron chi connectivity index (χ3n) is 2.66. The molecule has 94 valence electrons. The summed E-state index contributed by atoms with van der Waals surface area (Å²) in [5, 5.41) is 9.06. The van der Waals surface area contributed by atoms with Crippen LogP contribution >= 0.6 is 0 Å². The topological polar surface area (TPSA) is 40.5 Å². The molecule has 1 N–H and O–H groups in total. The fourth-order valence-electron chi connectivity index (χ4n) is 1.98. The zero-order valence-corrected chi connectivity index (χ0v) is 10.9. The van der Waals surface area contributed by atoms with Gasteiger partial charge in [-0.05, 0) is 43.5 Å². The number of hydrogen-bond acceptors (Lipinski definition) is 2. The van der Waals surface area contributed by atoms with Gasteiger partial charge in [-0.2, -0.15) is 0 Å². The first kappa shape index (κ1) is 13.6. The third kappa shape index (κ3) is 3.77. The summed E-state index contributed by atoms with van der Waals surface area (Å²) in [7, 11) is 0. The largest absolute Gasteiger partial charge is 0.478 e. The Hall–Kier alpha value is -1.51. The molecule has 0 bridgehead atoms. The maximum Gasteiger partial charge on any atom is 0.335 e. The van der Waals surface area contributed by atoms with Gasteiger partial charge in [-0.3, -0.25) is 0 Å². The normalized spacial score (nSPS) is 10.3. The van der Waals surface area contributed by atoms with Crippen LogP contribution in [-0.2, 0) is 0 Å². The second kappa shape index (κ2) is 6.28. The lowest BCUT2D eigenvalue weighted by molar-refractivity contribution is 0.0697. The minimum atomic E-state index is -0.858. The highest BCUT2D eigenvalue weighted by Gasteiger charge is 2.09. The highest BCUT2D eigenvalue weighted by molar-refractivity contribution is 5.89. The van der Waals surface area contributed by atoms with Gasteiger partial charge in [-0.15, -0.1) is 0 Å². The van der Waals surface area contributed by atoms with Gasteiger partial charge in [-0.25, -0.2) is 4.79 Å². The Kier molecular flexibility index (Phi) is 5.01. The van der Waals surface area contributed by atoms with E-state index >= 15 is 0 Å². The van der Waals surface area contributed by atoms with Crippen LogP contribution < -0.4 is 4.90 Å². The quantitative estimate of drug-likeness (QED) is 0.822. The average Bonchev–Trinajstić information content (AvgIpc) is 2.28. The van der Waals surface area contributed by atoms with E-state index in [2.05, 4.69) is 24.8 Å². The summed E-state index contributed by atoms with van der Waals surface area (Å²) in [5.41, 5.74) is 2.39. The van der Waals surface area contributed by atoms with Gasteiger partial charge in [0.25, 0.3) is 0 Å². The SMILES string of the molecule is CCCN(CCC)c1cc(C)cc(C(=O)O)c1. The van der Waals surface area contributed by atoms with Crippen LogP contribution in [-0.4, -0.2) is 24.2 Å². The molecule has 3 heteroatoms. The van der Waals surface area contributed by atoms with Crippen LogP contribution in [0.15, 0.2) is 18.2 Å². The second-order valence-corrected chi connectivity index (χ2v) is 4.35. The van der Waals surface area contributed by atoms with Crippen LogP contribution in [0.1, 0.15) is 42.6 Å². The molecule has 0 aliphatic heterocycles. The Bertz CT molecular complexity index is 382. The number of carbonyl (C=O) groups is 1. The van der Waals surface area contributed by atoms with E-state index in [9.17, 15) is 4.79 Å². The van der Waals surface area contributed by atoms with Crippen molar-refractivity contribution in [2.75, 3.05) is 18.0 Å². The molecule has 1 rings (SSSR count). The van der Waals surface area contributed by atoms with Gasteiger partial charge >= 0.3 is 5.97 Å². The molecule has 0 amide bonds. The molecule has 0 spiro atoms. The summed E-state index contributed by atoms with van der Waals surface area (Å²) < 4.78 is 0. The van der Waals surface area contributed by atoms with E-state index in [1.54, 1.807) is 12.1 Å². The van der Waals surface area contributed by atoms with E-state index in [4.69, 9.17) is 5.11 Å². The molecule has 0 fully saturated rings. The lowest BCUT2D eigenvalue weighted by atomic mass is 10.1. The molecule has 0 saturated heterocycles. The van der Waals surface area contributed by atoms with E-state index < -0.39 is 5.97 Å². The Morgan fingerprint density at radius 2 is 1.76 bits per heavy atom. The number of aromatic carboxylic acids is 1. The molecule has 0 aliphatic rings. The summed E-state index contributed by atoms with van der Waals surface area (Å²) >= 11 is 0. The van der Waals surface area contributed by atoms with Gasteiger partial charge in [0.2, 0.25) is 0 Å². The minimum absolute atomic E-state index is 0.372. The Morgan fingerprint density at radius 1 is 1.18 bits per heavy atom. The van der Waals surface area contributed by atoms with Crippen molar-refractivity contribution in [3.8, 4) is 0 Å². The first-order chi connectivity index (χ1) is 8.08. The molecule has 0 aromatic heterocycles. The molecule has 3 nitrogen and oxygen atoms in total. The maximum absolute atomic E-state index is 11.0. The van der Waals surface area contributed by atoms with Crippen molar-refractivity contribution >= 4 is 11.7 Å². The zero-order chi connectivity index (χ0) is 12.8. The first-order valence-corrected chi connectivity index (χ1v) is 6.18. The summed E-state index contributed by atoms with van der Waals surface area (Å²) in [4.78, 5) is 13.3. The molecule has 1 aromatic carbocycles. The molecule has 0 aliphatic carbocycles. The highest BCUT2D eigenvalue weighted by atomic mass is 16.4. The van der Waals surface area contributed by atoms with Crippen molar-refractivity contribution in [1.82, 2.24) is 0 Å². The van der Waals surface area contributed by atoms with Crippen LogP contribution in [0, 0.1) is 6.92 Å². The van der Waals surface area contributed by atoms with Crippen molar-refractivity contribution in [2.45, 2.75) is 33.6 Å². The lowest BCUT2D eigenvalue weighted by Crippen LogP contribution is -2.25. The number of benzene rings is 1. The molecule has 0 heterocycles. The van der Waals surface area contributed by atoms with Gasteiger partial charge < -0.3 is 10.0 Å². The number of carboxylic acids is 1. The van der Waals surface area contributed by atoms with Crippen molar-refractivity contribution in [1.29, 1.82) is 0 Å². The van der Waals surface area contributed by atoms with Crippen molar-refractivity contribution in [3.63, 3.8) is 0 Å². The van der Waals surface area contributed by atoms with Gasteiger partial charge in [0.1, 0.15) is 0 Å². The van der Waals surface area contributed by atoms with Crippen LogP contribution in [0.3, 0.4) is 0 Å². The van der Waals surface area contributed by atoms with E-state index in [0.717, 1.165) is 37.2 Å². The number of rotatable bonds is 6. The predicted molar refractivity (Wildman–Crippen MR) is 70.9 cm³/mol. The summed E-state index contributed by atoms with van der Waals surface area (Å²) in [6, 6.07) is 5.53. The van der Waals surface area contributed by atoms with Gasteiger partial charge in [0.05, 0.1) is 5.56 Å². The number of anilines is 1. The molecular weight excluding hydrogens is 214 g/mol. The van der Waals surface area contributed by atoms with Crippen molar-refractivity contribution < 1.29 is 9.90 Å². The zero-order valence-electron chi connectivity index (χ0n) is 10.9. The number of carboxylic acid groups (broad SMARTS) is 1. The summed E-state index contributed by atoms with van der Waals surface area (Å²) in [6.45, 7) is 8.14. The number of aryl methyl sites for hydroxylation is 1. The van der Waals surface area contributed by atoms with Crippen molar-refractivity contribution in [3.05, 3.63) is 29.3 Å². The number of nitrogens with zero attached hydrogens (tertiary/aromatic N) is 1. The summed E-state index contributed by atoms with van der Waals surface area (Å²) in [6.07, 6.45) is 2.13. The molecule has 1 aromatic rings. The Balaban J connectivity index is 3.04. The predicted octanol–water partition coefficient (Wildman–Crippen LogP) is 3.32. The highest BCUT2D eigenvalue weighted by Crippen LogP contribution is 2.20. The fraction of sp³-hybridized carbons (Fsp3) is 0.500.